The number of aromatic carboxylic acids is 3. The molecule has 2 rings (SSSR count). The van der Waals surface area contributed by atoms with E-state index in [2.05, 4.69) is 4.98 Å². The van der Waals surface area contributed by atoms with Gasteiger partial charge >= 0.3 is 17.9 Å². The van der Waals surface area contributed by atoms with Crippen LogP contribution in [-0.4, -0.2) is 38.2 Å². The van der Waals surface area contributed by atoms with Crippen molar-refractivity contribution in [3.63, 3.8) is 0 Å². The van der Waals surface area contributed by atoms with E-state index in [-0.39, 0.29) is 16.5 Å². The molecule has 3 N–H and O–H groups in total. The maximum Gasteiger partial charge on any atom is 0.338 e. The van der Waals surface area contributed by atoms with Crippen molar-refractivity contribution in [3.05, 3.63) is 41.1 Å². The zero-order valence-corrected chi connectivity index (χ0v) is 9.32. The lowest BCUT2D eigenvalue weighted by atomic mass is 10.00. The van der Waals surface area contributed by atoms with Crippen LogP contribution in [0.5, 0.6) is 0 Å². The molecule has 0 aliphatic carbocycles. The molecule has 0 spiro atoms. The Kier molecular flexibility index (Phi) is 2.88. The molecule has 0 saturated heterocycles. The molecular weight excluding hydrogens is 254 g/mol. The van der Waals surface area contributed by atoms with E-state index in [9.17, 15) is 14.4 Å². The fourth-order valence-electron chi connectivity index (χ4n) is 1.80. The predicted octanol–water partition coefficient (Wildman–Crippen LogP) is 1.33. The average Bonchev–Trinajstić information content (AvgIpc) is 2.35. The summed E-state index contributed by atoms with van der Waals surface area (Å²) in [6, 6.07) is 3.51. The molecule has 19 heavy (non-hydrogen) atoms. The molecule has 7 nitrogen and oxygen atoms in total. The number of pyridine rings is 1. The number of carboxylic acids is 3. The summed E-state index contributed by atoms with van der Waals surface area (Å²) in [4.78, 5) is 37.0. The first-order valence-electron chi connectivity index (χ1n) is 5.05. The minimum atomic E-state index is -1.47. The van der Waals surface area contributed by atoms with Crippen LogP contribution in [0.15, 0.2) is 24.4 Å². The van der Waals surface area contributed by atoms with E-state index in [1.807, 2.05) is 0 Å². The summed E-state index contributed by atoms with van der Waals surface area (Å²) in [5.74, 6) is -4.13. The maximum atomic E-state index is 11.2. The number of fused-ring (bicyclic) bond motifs is 1. The van der Waals surface area contributed by atoms with Crippen LogP contribution >= 0.6 is 0 Å². The lowest BCUT2D eigenvalue weighted by Crippen LogP contribution is -2.10. The molecule has 2 aromatic rings. The number of benzene rings is 1. The fraction of sp³-hybridized carbons (Fsp3) is 0. The van der Waals surface area contributed by atoms with Crippen LogP contribution < -0.4 is 0 Å². The molecule has 1 aromatic carbocycles. The number of hydrogen-bond donors (Lipinski definition) is 3. The van der Waals surface area contributed by atoms with Gasteiger partial charge in [-0.1, -0.05) is 6.07 Å². The maximum absolute atomic E-state index is 11.2. The molecule has 96 valence electrons. The van der Waals surface area contributed by atoms with Crippen LogP contribution in [-0.2, 0) is 0 Å². The van der Waals surface area contributed by atoms with Crippen molar-refractivity contribution in [1.82, 2.24) is 4.98 Å². The lowest BCUT2D eigenvalue weighted by molar-refractivity contribution is 0.0653. The Balaban J connectivity index is 2.95. The molecule has 0 atom stereocenters. The van der Waals surface area contributed by atoms with Gasteiger partial charge in [0.25, 0.3) is 0 Å². The summed E-state index contributed by atoms with van der Waals surface area (Å²) in [6.45, 7) is 0. The van der Waals surface area contributed by atoms with Crippen molar-refractivity contribution in [3.8, 4) is 0 Å². The zero-order chi connectivity index (χ0) is 14.2. The zero-order valence-electron chi connectivity index (χ0n) is 9.32. The summed E-state index contributed by atoms with van der Waals surface area (Å²) >= 11 is 0. The molecule has 0 amide bonds. The molecule has 1 aromatic heterocycles. The van der Waals surface area contributed by atoms with E-state index in [1.54, 1.807) is 0 Å². The van der Waals surface area contributed by atoms with Gasteiger partial charge in [-0.15, -0.1) is 0 Å². The monoisotopic (exact) mass is 261 g/mol. The van der Waals surface area contributed by atoms with Gasteiger partial charge < -0.3 is 15.3 Å². The number of nitrogens with zero attached hydrogens (tertiary/aromatic N) is 1. The molecule has 0 radical (unpaired) electrons. The van der Waals surface area contributed by atoms with Crippen LogP contribution in [0.25, 0.3) is 10.9 Å². The molecule has 0 aliphatic rings. The summed E-state index contributed by atoms with van der Waals surface area (Å²) in [5, 5.41) is 27.1. The second-order valence-electron chi connectivity index (χ2n) is 3.66. The summed E-state index contributed by atoms with van der Waals surface area (Å²) in [7, 11) is 0. The van der Waals surface area contributed by atoms with Gasteiger partial charge in [0, 0.05) is 11.6 Å². The Hall–Kier alpha value is -2.96. The molecule has 7 heteroatoms. The third-order valence-electron chi connectivity index (χ3n) is 2.59. The van der Waals surface area contributed by atoms with Gasteiger partial charge in [-0.25, -0.2) is 14.4 Å². The van der Waals surface area contributed by atoms with Gasteiger partial charge in [0.15, 0.2) is 0 Å². The summed E-state index contributed by atoms with van der Waals surface area (Å²) < 4.78 is 0. The van der Waals surface area contributed by atoms with Crippen molar-refractivity contribution in [2.45, 2.75) is 0 Å². The highest BCUT2D eigenvalue weighted by Gasteiger charge is 2.22. The smallest absolute Gasteiger partial charge is 0.338 e. The van der Waals surface area contributed by atoms with E-state index in [1.165, 1.54) is 12.1 Å². The van der Waals surface area contributed by atoms with E-state index in [4.69, 9.17) is 15.3 Å². The SMILES string of the molecule is O=C(O)c1ccc2c(C(=O)O)ccnc2c1C(=O)O. The molecule has 0 unspecified atom stereocenters. The average molecular weight is 261 g/mol. The normalized spacial score (nSPS) is 10.3. The number of rotatable bonds is 3. The second kappa shape index (κ2) is 4.37. The number of hydrogen-bond acceptors (Lipinski definition) is 4. The number of aromatic nitrogens is 1. The van der Waals surface area contributed by atoms with Crippen molar-refractivity contribution in [2.24, 2.45) is 0 Å². The van der Waals surface area contributed by atoms with Crippen LogP contribution in [0.4, 0.5) is 0 Å². The summed E-state index contributed by atoms with van der Waals surface area (Å²) in [5.41, 5.74) is -1.25. The molecule has 0 aliphatic heterocycles. The van der Waals surface area contributed by atoms with Gasteiger partial charge in [-0.3, -0.25) is 4.98 Å². The molecular formula is C12H7NO6. The third-order valence-corrected chi connectivity index (χ3v) is 2.59. The van der Waals surface area contributed by atoms with Gasteiger partial charge in [0.2, 0.25) is 0 Å². The van der Waals surface area contributed by atoms with E-state index in [0.29, 0.717) is 0 Å². The highest BCUT2D eigenvalue weighted by molar-refractivity contribution is 6.13. The largest absolute Gasteiger partial charge is 0.478 e. The Labute approximate surface area is 105 Å². The van der Waals surface area contributed by atoms with Gasteiger partial charge in [-0.05, 0) is 12.1 Å². The van der Waals surface area contributed by atoms with Gasteiger partial charge in [0.1, 0.15) is 5.56 Å². The number of carbonyl (C=O) groups is 3. The second-order valence-corrected chi connectivity index (χ2v) is 3.66. The van der Waals surface area contributed by atoms with Crippen molar-refractivity contribution < 1.29 is 29.7 Å². The van der Waals surface area contributed by atoms with Crippen LogP contribution in [0.3, 0.4) is 0 Å². The first-order chi connectivity index (χ1) is 8.93. The highest BCUT2D eigenvalue weighted by Crippen LogP contribution is 2.24. The Morgan fingerprint density at radius 2 is 1.47 bits per heavy atom. The molecule has 0 saturated carbocycles. The lowest BCUT2D eigenvalue weighted by Gasteiger charge is -2.07. The van der Waals surface area contributed by atoms with Gasteiger partial charge in [0.05, 0.1) is 16.6 Å². The minimum Gasteiger partial charge on any atom is -0.478 e. The van der Waals surface area contributed by atoms with Crippen LogP contribution in [0, 0.1) is 0 Å². The quantitative estimate of drug-likeness (QED) is 0.760. The topological polar surface area (TPSA) is 125 Å². The Morgan fingerprint density at radius 1 is 0.842 bits per heavy atom. The van der Waals surface area contributed by atoms with E-state index < -0.39 is 29.0 Å². The van der Waals surface area contributed by atoms with Crippen LogP contribution in [0.2, 0.25) is 0 Å². The molecule has 0 fully saturated rings. The Morgan fingerprint density at radius 3 is 2.00 bits per heavy atom. The van der Waals surface area contributed by atoms with E-state index >= 15 is 0 Å². The van der Waals surface area contributed by atoms with E-state index in [0.717, 1.165) is 12.3 Å². The first-order valence-corrected chi connectivity index (χ1v) is 5.05. The third kappa shape index (κ3) is 1.97. The van der Waals surface area contributed by atoms with Gasteiger partial charge in [-0.2, -0.15) is 0 Å². The van der Waals surface area contributed by atoms with Crippen molar-refractivity contribution in [1.29, 1.82) is 0 Å². The van der Waals surface area contributed by atoms with Crippen molar-refractivity contribution in [2.75, 3.05) is 0 Å². The minimum absolute atomic E-state index is 0.0809. The highest BCUT2D eigenvalue weighted by atomic mass is 16.4. The molecule has 1 heterocycles. The molecule has 0 bridgehead atoms. The van der Waals surface area contributed by atoms with Crippen molar-refractivity contribution >= 4 is 28.8 Å². The summed E-state index contributed by atoms with van der Waals surface area (Å²) in [6.07, 6.45) is 1.13. The first kappa shape index (κ1) is 12.5. The predicted molar refractivity (Wildman–Crippen MR) is 62.6 cm³/mol. The fourth-order valence-corrected chi connectivity index (χ4v) is 1.80. The van der Waals surface area contributed by atoms with Crippen LogP contribution in [0.1, 0.15) is 31.1 Å². The standard InChI is InChI=1S/C12H7NO6/c14-10(15)6-3-4-13-9-5(6)1-2-7(11(16)17)8(9)12(18)19/h1-4H,(H,14,15)(H,16,17)(H,18,19). The number of carboxylic acid groups (broad SMARTS) is 3. The Bertz CT molecular complexity index is 721.